The summed E-state index contributed by atoms with van der Waals surface area (Å²) in [6.07, 6.45) is 0.569. The van der Waals surface area contributed by atoms with Gasteiger partial charge in [-0.2, -0.15) is 0 Å². The van der Waals surface area contributed by atoms with E-state index in [1.54, 1.807) is 7.11 Å². The average Bonchev–Trinajstić information content (AvgIpc) is 2.65. The Hall–Kier alpha value is -0.770. The molecule has 3 nitrogen and oxygen atoms in total. The number of hydrogen-bond donors (Lipinski definition) is 2. The Labute approximate surface area is 95.9 Å². The Bertz CT molecular complexity index is 302. The number of aliphatic hydroxyl groups excluding tert-OH is 1. The van der Waals surface area contributed by atoms with E-state index in [0.29, 0.717) is 0 Å². The quantitative estimate of drug-likeness (QED) is 0.808. The lowest BCUT2D eigenvalue weighted by Crippen LogP contribution is -2.20. The summed E-state index contributed by atoms with van der Waals surface area (Å²) in [6, 6.07) is 7.90. The van der Waals surface area contributed by atoms with Crippen LogP contribution < -0.4 is 10.1 Å². The predicted molar refractivity (Wildman–Crippen MR) is 61.6 cm³/mol. The molecule has 2 N–H and O–H groups in total. The van der Waals surface area contributed by atoms with Crippen molar-refractivity contribution in [3.8, 4) is 5.75 Å². The lowest BCUT2D eigenvalue weighted by molar-refractivity contribution is 0.160. The molecule has 15 heavy (non-hydrogen) atoms. The third kappa shape index (κ3) is 2.62. The molecule has 84 valence electrons. The van der Waals surface area contributed by atoms with Crippen LogP contribution in [0.25, 0.3) is 0 Å². The van der Waals surface area contributed by atoms with E-state index in [9.17, 15) is 5.11 Å². The fraction of sp³-hybridized carbons (Fsp3) is 0.455. The molecule has 1 aromatic rings. The highest BCUT2D eigenvalue weighted by atomic mass is 35.5. The Morgan fingerprint density at radius 1 is 1.33 bits per heavy atom. The SMILES string of the molecule is COc1ccc(C2NCCC2O)cc1.Cl. The van der Waals surface area contributed by atoms with Crippen molar-refractivity contribution in [2.75, 3.05) is 13.7 Å². The first kappa shape index (κ1) is 12.3. The fourth-order valence-electron chi connectivity index (χ4n) is 1.84. The molecule has 2 atom stereocenters. The molecule has 0 bridgehead atoms. The van der Waals surface area contributed by atoms with Crippen LogP contribution in [0.3, 0.4) is 0 Å². The van der Waals surface area contributed by atoms with Crippen LogP contribution in [0.4, 0.5) is 0 Å². The molecule has 4 heteroatoms. The monoisotopic (exact) mass is 229 g/mol. The Kier molecular flexibility index (Phi) is 4.39. The van der Waals surface area contributed by atoms with Crippen LogP contribution in [0.2, 0.25) is 0 Å². The van der Waals surface area contributed by atoms with Gasteiger partial charge in [0.15, 0.2) is 0 Å². The van der Waals surface area contributed by atoms with Crippen molar-refractivity contribution >= 4 is 12.4 Å². The summed E-state index contributed by atoms with van der Waals surface area (Å²) >= 11 is 0. The third-order valence-corrected chi connectivity index (χ3v) is 2.66. The van der Waals surface area contributed by atoms with Crippen LogP contribution in [-0.4, -0.2) is 24.9 Å². The second kappa shape index (κ2) is 5.35. The molecule has 2 rings (SSSR count). The maximum atomic E-state index is 9.68. The van der Waals surface area contributed by atoms with Crippen LogP contribution >= 0.6 is 12.4 Å². The smallest absolute Gasteiger partial charge is 0.118 e. The van der Waals surface area contributed by atoms with Crippen molar-refractivity contribution in [3.63, 3.8) is 0 Å². The number of aliphatic hydroxyl groups is 1. The summed E-state index contributed by atoms with van der Waals surface area (Å²) in [5, 5.41) is 12.9. The normalized spacial score (nSPS) is 24.7. The van der Waals surface area contributed by atoms with Gasteiger partial charge in [0.25, 0.3) is 0 Å². The molecule has 0 spiro atoms. The first-order valence-corrected chi connectivity index (χ1v) is 4.86. The first-order valence-electron chi connectivity index (χ1n) is 4.86. The maximum Gasteiger partial charge on any atom is 0.118 e. The van der Waals surface area contributed by atoms with E-state index in [4.69, 9.17) is 4.74 Å². The zero-order chi connectivity index (χ0) is 9.97. The second-order valence-corrected chi connectivity index (χ2v) is 3.56. The van der Waals surface area contributed by atoms with Gasteiger partial charge in [0, 0.05) is 0 Å². The molecule has 1 aliphatic heterocycles. The van der Waals surface area contributed by atoms with E-state index in [2.05, 4.69) is 5.32 Å². The van der Waals surface area contributed by atoms with Crippen LogP contribution in [0, 0.1) is 0 Å². The summed E-state index contributed by atoms with van der Waals surface area (Å²) in [7, 11) is 1.65. The number of ether oxygens (including phenoxy) is 1. The summed E-state index contributed by atoms with van der Waals surface area (Å²) in [6.45, 7) is 0.887. The van der Waals surface area contributed by atoms with Gasteiger partial charge in [-0.05, 0) is 30.7 Å². The maximum absolute atomic E-state index is 9.68. The second-order valence-electron chi connectivity index (χ2n) is 3.56. The van der Waals surface area contributed by atoms with Gasteiger partial charge in [0.1, 0.15) is 5.75 Å². The van der Waals surface area contributed by atoms with Crippen LogP contribution in [0.1, 0.15) is 18.0 Å². The summed E-state index contributed by atoms with van der Waals surface area (Å²) in [5.74, 6) is 0.848. The van der Waals surface area contributed by atoms with Crippen molar-refractivity contribution in [3.05, 3.63) is 29.8 Å². The van der Waals surface area contributed by atoms with Gasteiger partial charge >= 0.3 is 0 Å². The molecule has 2 unspecified atom stereocenters. The molecule has 1 aliphatic rings. The minimum Gasteiger partial charge on any atom is -0.497 e. The van der Waals surface area contributed by atoms with Gasteiger partial charge in [-0.15, -0.1) is 12.4 Å². The molecular formula is C11H16ClNO2. The van der Waals surface area contributed by atoms with Gasteiger partial charge in [-0.25, -0.2) is 0 Å². The van der Waals surface area contributed by atoms with Gasteiger partial charge < -0.3 is 15.2 Å². The topological polar surface area (TPSA) is 41.5 Å². The highest BCUT2D eigenvalue weighted by Crippen LogP contribution is 2.25. The van der Waals surface area contributed by atoms with Gasteiger partial charge in [-0.3, -0.25) is 0 Å². The van der Waals surface area contributed by atoms with Gasteiger partial charge in [-0.1, -0.05) is 12.1 Å². The Morgan fingerprint density at radius 2 is 2.00 bits per heavy atom. The Balaban J connectivity index is 0.00000112. The lowest BCUT2D eigenvalue weighted by Gasteiger charge is -2.15. The molecule has 0 amide bonds. The van der Waals surface area contributed by atoms with Crippen molar-refractivity contribution in [1.29, 1.82) is 0 Å². The summed E-state index contributed by atoms with van der Waals surface area (Å²) < 4.78 is 5.08. The highest BCUT2D eigenvalue weighted by Gasteiger charge is 2.25. The molecule has 1 aromatic carbocycles. The van der Waals surface area contributed by atoms with Crippen LogP contribution in [-0.2, 0) is 0 Å². The largest absolute Gasteiger partial charge is 0.497 e. The Morgan fingerprint density at radius 3 is 2.47 bits per heavy atom. The van der Waals surface area contributed by atoms with Crippen molar-refractivity contribution < 1.29 is 9.84 Å². The van der Waals surface area contributed by atoms with E-state index in [0.717, 1.165) is 24.3 Å². The lowest BCUT2D eigenvalue weighted by atomic mass is 10.0. The van der Waals surface area contributed by atoms with Gasteiger partial charge in [0.05, 0.1) is 19.3 Å². The number of nitrogens with one attached hydrogen (secondary N) is 1. The molecule has 0 aromatic heterocycles. The van der Waals surface area contributed by atoms with Gasteiger partial charge in [0.2, 0.25) is 0 Å². The number of methoxy groups -OCH3 is 1. The molecule has 0 radical (unpaired) electrons. The van der Waals surface area contributed by atoms with E-state index in [1.165, 1.54) is 0 Å². The minimum atomic E-state index is -0.261. The van der Waals surface area contributed by atoms with E-state index in [-0.39, 0.29) is 24.6 Å². The fourth-order valence-corrected chi connectivity index (χ4v) is 1.84. The molecule has 1 heterocycles. The standard InChI is InChI=1S/C11H15NO2.ClH/c1-14-9-4-2-8(3-5-9)11-10(13)6-7-12-11;/h2-5,10-13H,6-7H2,1H3;1H. The van der Waals surface area contributed by atoms with Crippen LogP contribution in [0.5, 0.6) is 5.75 Å². The first-order chi connectivity index (χ1) is 6.81. The summed E-state index contributed by atoms with van der Waals surface area (Å²) in [5.41, 5.74) is 1.12. The number of rotatable bonds is 2. The zero-order valence-electron chi connectivity index (χ0n) is 8.64. The van der Waals surface area contributed by atoms with Crippen LogP contribution in [0.15, 0.2) is 24.3 Å². The minimum absolute atomic E-state index is 0. The van der Waals surface area contributed by atoms with Crippen molar-refractivity contribution in [1.82, 2.24) is 5.32 Å². The highest BCUT2D eigenvalue weighted by molar-refractivity contribution is 5.85. The number of halogens is 1. The average molecular weight is 230 g/mol. The number of hydrogen-bond acceptors (Lipinski definition) is 3. The van der Waals surface area contributed by atoms with E-state index < -0.39 is 0 Å². The predicted octanol–water partition coefficient (Wildman–Crippen LogP) is 1.51. The summed E-state index contributed by atoms with van der Waals surface area (Å²) in [4.78, 5) is 0. The van der Waals surface area contributed by atoms with Crippen molar-refractivity contribution in [2.45, 2.75) is 18.6 Å². The molecule has 0 saturated carbocycles. The molecule has 1 fully saturated rings. The number of benzene rings is 1. The van der Waals surface area contributed by atoms with E-state index in [1.807, 2.05) is 24.3 Å². The zero-order valence-corrected chi connectivity index (χ0v) is 9.46. The third-order valence-electron chi connectivity index (χ3n) is 2.66. The molecular weight excluding hydrogens is 214 g/mol. The molecule has 1 saturated heterocycles. The molecule has 0 aliphatic carbocycles. The van der Waals surface area contributed by atoms with E-state index >= 15 is 0 Å². The van der Waals surface area contributed by atoms with Crippen molar-refractivity contribution in [2.24, 2.45) is 0 Å².